The molecule has 0 aromatic heterocycles. The highest BCUT2D eigenvalue weighted by Crippen LogP contribution is 2.18. The van der Waals surface area contributed by atoms with E-state index in [2.05, 4.69) is 20.7 Å². The van der Waals surface area contributed by atoms with Gasteiger partial charge in [-0.05, 0) is 24.6 Å². The zero-order valence-corrected chi connectivity index (χ0v) is 11.9. The molecule has 3 nitrogen and oxygen atoms in total. The van der Waals surface area contributed by atoms with Gasteiger partial charge in [0.05, 0.1) is 5.75 Å². The Kier molecular flexibility index (Phi) is 5.24. The quantitative estimate of drug-likeness (QED) is 0.846. The van der Waals surface area contributed by atoms with Crippen LogP contribution in [0.15, 0.2) is 28.7 Å². The van der Waals surface area contributed by atoms with Gasteiger partial charge in [-0.2, -0.15) is 0 Å². The molecule has 1 rings (SSSR count). The summed E-state index contributed by atoms with van der Waals surface area (Å²) in [5, 5.41) is 0. The number of sulfonamides is 1. The van der Waals surface area contributed by atoms with Crippen LogP contribution >= 0.6 is 27.5 Å². The molecular formula is C10H13BrClNO2S. The van der Waals surface area contributed by atoms with Crippen molar-refractivity contribution in [3.63, 3.8) is 0 Å². The summed E-state index contributed by atoms with van der Waals surface area (Å²) in [6, 6.07) is 7.26. The van der Waals surface area contributed by atoms with Crippen molar-refractivity contribution >= 4 is 37.6 Å². The summed E-state index contributed by atoms with van der Waals surface area (Å²) in [5.41, 5.74) is 0.910. The molecule has 16 heavy (non-hydrogen) atoms. The molecule has 0 fully saturated rings. The lowest BCUT2D eigenvalue weighted by molar-refractivity contribution is 0.568. The smallest absolute Gasteiger partial charge is 0.212 e. The van der Waals surface area contributed by atoms with Gasteiger partial charge in [-0.15, -0.1) is 11.6 Å². The number of nitrogens with one attached hydrogen (secondary N) is 1. The highest BCUT2D eigenvalue weighted by atomic mass is 79.9. The molecule has 1 atom stereocenters. The number of halogens is 2. The standard InChI is InChI=1S/C10H13BrClNO2S/c1-8(13-16(14,15)6-5-12)9-3-2-4-10(11)7-9/h2-4,7-8,13H,5-6H2,1H3. The third-order valence-corrected chi connectivity index (χ3v) is 4.41. The van der Waals surface area contributed by atoms with E-state index >= 15 is 0 Å². The number of alkyl halides is 1. The SMILES string of the molecule is CC(NS(=O)(=O)CCCl)c1cccc(Br)c1. The van der Waals surface area contributed by atoms with Crippen LogP contribution in [0.4, 0.5) is 0 Å². The normalized spacial score (nSPS) is 13.7. The number of hydrogen-bond donors (Lipinski definition) is 1. The van der Waals surface area contributed by atoms with Gasteiger partial charge >= 0.3 is 0 Å². The van der Waals surface area contributed by atoms with Gasteiger partial charge in [0.2, 0.25) is 10.0 Å². The first-order chi connectivity index (χ1) is 7.44. The molecule has 1 unspecified atom stereocenters. The average molecular weight is 327 g/mol. The monoisotopic (exact) mass is 325 g/mol. The van der Waals surface area contributed by atoms with Gasteiger partial charge < -0.3 is 0 Å². The van der Waals surface area contributed by atoms with Gasteiger partial charge in [0.15, 0.2) is 0 Å². The predicted octanol–water partition coefficient (Wildman–Crippen LogP) is 2.67. The third kappa shape index (κ3) is 4.41. The maximum Gasteiger partial charge on any atom is 0.213 e. The van der Waals surface area contributed by atoms with E-state index in [0.717, 1.165) is 10.0 Å². The van der Waals surface area contributed by atoms with Crippen LogP contribution < -0.4 is 4.72 Å². The van der Waals surface area contributed by atoms with Crippen LogP contribution in [0.2, 0.25) is 0 Å². The van der Waals surface area contributed by atoms with E-state index in [4.69, 9.17) is 11.6 Å². The number of hydrogen-bond acceptors (Lipinski definition) is 2. The van der Waals surface area contributed by atoms with Gasteiger partial charge in [-0.25, -0.2) is 13.1 Å². The molecule has 0 heterocycles. The van der Waals surface area contributed by atoms with E-state index in [1.807, 2.05) is 24.3 Å². The van der Waals surface area contributed by atoms with Crippen molar-refractivity contribution in [1.29, 1.82) is 0 Å². The largest absolute Gasteiger partial charge is 0.213 e. The minimum atomic E-state index is -3.29. The summed E-state index contributed by atoms with van der Waals surface area (Å²) in [6.45, 7) is 1.80. The first-order valence-electron chi connectivity index (χ1n) is 4.76. The maximum absolute atomic E-state index is 11.5. The zero-order chi connectivity index (χ0) is 12.2. The summed E-state index contributed by atoms with van der Waals surface area (Å²) in [7, 11) is -3.29. The molecular weight excluding hydrogens is 314 g/mol. The van der Waals surface area contributed by atoms with Crippen molar-refractivity contribution in [2.45, 2.75) is 13.0 Å². The summed E-state index contributed by atoms with van der Waals surface area (Å²) in [5.74, 6) is 0.0352. The molecule has 90 valence electrons. The van der Waals surface area contributed by atoms with E-state index < -0.39 is 10.0 Å². The van der Waals surface area contributed by atoms with Crippen molar-refractivity contribution in [3.05, 3.63) is 34.3 Å². The Morgan fingerprint density at radius 2 is 2.19 bits per heavy atom. The lowest BCUT2D eigenvalue weighted by Crippen LogP contribution is -2.29. The molecule has 0 saturated heterocycles. The second kappa shape index (κ2) is 6.00. The average Bonchev–Trinajstić information content (AvgIpc) is 2.16. The molecule has 0 amide bonds. The topological polar surface area (TPSA) is 46.2 Å². The van der Waals surface area contributed by atoms with Crippen molar-refractivity contribution in [2.75, 3.05) is 11.6 Å². The Morgan fingerprint density at radius 3 is 2.75 bits per heavy atom. The summed E-state index contributed by atoms with van der Waals surface area (Å²) < 4.78 is 26.5. The zero-order valence-electron chi connectivity index (χ0n) is 8.78. The fraction of sp³-hybridized carbons (Fsp3) is 0.400. The van der Waals surface area contributed by atoms with Gasteiger partial charge in [-0.1, -0.05) is 28.1 Å². The molecule has 0 aliphatic rings. The van der Waals surface area contributed by atoms with Crippen LogP contribution in [0.1, 0.15) is 18.5 Å². The van der Waals surface area contributed by atoms with Gasteiger partial charge in [0.25, 0.3) is 0 Å². The Hall–Kier alpha value is -0.100. The van der Waals surface area contributed by atoms with Crippen molar-refractivity contribution in [3.8, 4) is 0 Å². The second-order valence-electron chi connectivity index (χ2n) is 3.40. The van der Waals surface area contributed by atoms with Crippen molar-refractivity contribution < 1.29 is 8.42 Å². The minimum Gasteiger partial charge on any atom is -0.212 e. The van der Waals surface area contributed by atoms with E-state index in [9.17, 15) is 8.42 Å². The molecule has 0 radical (unpaired) electrons. The fourth-order valence-electron chi connectivity index (χ4n) is 1.27. The molecule has 0 bridgehead atoms. The molecule has 0 aliphatic heterocycles. The predicted molar refractivity (Wildman–Crippen MR) is 70.2 cm³/mol. The lowest BCUT2D eigenvalue weighted by atomic mass is 10.1. The van der Waals surface area contributed by atoms with Gasteiger partial charge in [0.1, 0.15) is 0 Å². The third-order valence-electron chi connectivity index (χ3n) is 2.05. The van der Waals surface area contributed by atoms with Crippen LogP contribution in [0.5, 0.6) is 0 Å². The molecule has 0 aliphatic carbocycles. The fourth-order valence-corrected chi connectivity index (χ4v) is 3.30. The molecule has 1 aromatic carbocycles. The van der Waals surface area contributed by atoms with Crippen LogP contribution in [0, 0.1) is 0 Å². The van der Waals surface area contributed by atoms with Crippen LogP contribution in [0.25, 0.3) is 0 Å². The van der Waals surface area contributed by atoms with E-state index in [1.165, 1.54) is 0 Å². The first-order valence-corrected chi connectivity index (χ1v) is 7.74. The number of rotatable bonds is 5. The Bertz CT molecular complexity index is 450. The lowest BCUT2D eigenvalue weighted by Gasteiger charge is -2.14. The summed E-state index contributed by atoms with van der Waals surface area (Å²) >= 11 is 8.76. The molecule has 6 heteroatoms. The molecule has 0 saturated carbocycles. The van der Waals surface area contributed by atoms with Crippen LogP contribution in [-0.4, -0.2) is 20.1 Å². The highest BCUT2D eigenvalue weighted by molar-refractivity contribution is 9.10. The van der Waals surface area contributed by atoms with Crippen molar-refractivity contribution in [2.24, 2.45) is 0 Å². The Morgan fingerprint density at radius 1 is 1.50 bits per heavy atom. The number of benzene rings is 1. The van der Waals surface area contributed by atoms with Gasteiger partial charge in [-0.3, -0.25) is 0 Å². The second-order valence-corrected chi connectivity index (χ2v) is 6.57. The van der Waals surface area contributed by atoms with E-state index in [-0.39, 0.29) is 17.7 Å². The molecule has 1 N–H and O–H groups in total. The van der Waals surface area contributed by atoms with E-state index in [1.54, 1.807) is 6.92 Å². The maximum atomic E-state index is 11.5. The Balaban J connectivity index is 2.76. The highest BCUT2D eigenvalue weighted by Gasteiger charge is 2.14. The van der Waals surface area contributed by atoms with Crippen LogP contribution in [0.3, 0.4) is 0 Å². The summed E-state index contributed by atoms with van der Waals surface area (Å²) in [4.78, 5) is 0. The first kappa shape index (κ1) is 14.0. The molecule has 0 spiro atoms. The van der Waals surface area contributed by atoms with Crippen molar-refractivity contribution in [1.82, 2.24) is 4.72 Å². The van der Waals surface area contributed by atoms with Gasteiger partial charge in [0, 0.05) is 16.4 Å². The van der Waals surface area contributed by atoms with E-state index in [0.29, 0.717) is 0 Å². The minimum absolute atomic E-state index is 0.0626. The Labute approximate surface area is 109 Å². The molecule has 1 aromatic rings. The summed E-state index contributed by atoms with van der Waals surface area (Å²) in [6.07, 6.45) is 0. The van der Waals surface area contributed by atoms with Crippen LogP contribution in [-0.2, 0) is 10.0 Å².